The van der Waals surface area contributed by atoms with Crippen molar-refractivity contribution < 1.29 is 25.2 Å². The van der Waals surface area contributed by atoms with E-state index in [0.717, 1.165) is 32.1 Å². The highest BCUT2D eigenvalue weighted by Gasteiger charge is 2.70. The van der Waals surface area contributed by atoms with Crippen molar-refractivity contribution in [2.24, 2.45) is 46.3 Å². The number of fused-ring (bicyclic) bond motifs is 5. The molecule has 4 rings (SSSR count). The lowest BCUT2D eigenvalue weighted by atomic mass is 9.42. The lowest BCUT2D eigenvalue weighted by Gasteiger charge is -2.64. The van der Waals surface area contributed by atoms with Gasteiger partial charge in [0.05, 0.1) is 11.7 Å². The highest BCUT2D eigenvalue weighted by molar-refractivity contribution is 5.90. The molecule has 11 atom stereocenters. The molecule has 11 unspecified atom stereocenters. The van der Waals surface area contributed by atoms with E-state index in [1.165, 1.54) is 6.42 Å². The van der Waals surface area contributed by atoms with E-state index in [0.29, 0.717) is 37.0 Å². The topological polar surface area (TPSA) is 98.0 Å². The summed E-state index contributed by atoms with van der Waals surface area (Å²) < 4.78 is 0. The van der Waals surface area contributed by atoms with Crippen LogP contribution in [-0.2, 0) is 4.79 Å². The molecule has 0 aromatic carbocycles. The zero-order valence-corrected chi connectivity index (χ0v) is 21.7. The van der Waals surface area contributed by atoms with E-state index in [1.54, 1.807) is 0 Å². The Morgan fingerprint density at radius 3 is 2.30 bits per heavy atom. The molecular formula is C28H48O5. The van der Waals surface area contributed by atoms with Gasteiger partial charge in [0.2, 0.25) is 0 Å². The number of carbonyl (C=O) groups is 1. The first-order valence-electron chi connectivity index (χ1n) is 13.5. The molecule has 4 fully saturated rings. The molecule has 0 aromatic heterocycles. The molecule has 4 N–H and O–H groups in total. The number of hydrogen-bond donors (Lipinski definition) is 4. The van der Waals surface area contributed by atoms with E-state index in [2.05, 4.69) is 20.8 Å². The first-order chi connectivity index (χ1) is 15.2. The lowest BCUT2D eigenvalue weighted by molar-refractivity contribution is -0.250. The Morgan fingerprint density at radius 1 is 1.00 bits per heavy atom. The Morgan fingerprint density at radius 2 is 1.67 bits per heavy atom. The number of ketones is 1. The van der Waals surface area contributed by atoms with Crippen LogP contribution in [0.15, 0.2) is 0 Å². The molecule has 33 heavy (non-hydrogen) atoms. The van der Waals surface area contributed by atoms with Crippen molar-refractivity contribution in [2.75, 3.05) is 0 Å². The van der Waals surface area contributed by atoms with Gasteiger partial charge in [0.15, 0.2) is 11.4 Å². The Balaban J connectivity index is 1.54. The van der Waals surface area contributed by atoms with E-state index in [4.69, 9.17) is 0 Å². The standard InChI is InChI=1S/C28H48O5/c1-16(7-8-17(2)25(3,4)32)19-9-10-20-18-15-23(30)28(33)24(31)22(29)12-14-27(28,6)21(18)11-13-26(19,20)5/h16-22,24,29,31-33H,7-15H2,1-6H3. The summed E-state index contributed by atoms with van der Waals surface area (Å²) in [6, 6.07) is 0. The summed E-state index contributed by atoms with van der Waals surface area (Å²) in [7, 11) is 0. The van der Waals surface area contributed by atoms with Gasteiger partial charge in [0.1, 0.15) is 6.10 Å². The second-order valence-corrected chi connectivity index (χ2v) is 13.6. The minimum Gasteiger partial charge on any atom is -0.390 e. The normalized spacial score (nSPS) is 49.7. The monoisotopic (exact) mass is 464 g/mol. The summed E-state index contributed by atoms with van der Waals surface area (Å²) in [6.07, 6.45) is 5.52. The Bertz CT molecular complexity index is 760. The minimum absolute atomic E-state index is 0.206. The number of Topliss-reactive ketones (excluding diaryl/α,β-unsaturated/α-hetero) is 1. The van der Waals surface area contributed by atoms with Crippen LogP contribution >= 0.6 is 0 Å². The fourth-order valence-corrected chi connectivity index (χ4v) is 9.14. The van der Waals surface area contributed by atoms with Crippen LogP contribution in [0.3, 0.4) is 0 Å². The quantitative estimate of drug-likeness (QED) is 0.491. The van der Waals surface area contributed by atoms with Crippen LogP contribution in [0, 0.1) is 46.3 Å². The third-order valence-corrected chi connectivity index (χ3v) is 11.7. The molecule has 190 valence electrons. The first kappa shape index (κ1) is 25.6. The second kappa shape index (κ2) is 8.28. The van der Waals surface area contributed by atoms with Gasteiger partial charge in [-0.1, -0.05) is 34.1 Å². The third kappa shape index (κ3) is 3.67. The van der Waals surface area contributed by atoms with E-state index < -0.39 is 28.8 Å². The maximum absolute atomic E-state index is 13.4. The lowest BCUT2D eigenvalue weighted by Crippen LogP contribution is -2.73. The van der Waals surface area contributed by atoms with Crippen LogP contribution in [0.1, 0.15) is 99.3 Å². The molecule has 5 nitrogen and oxygen atoms in total. The molecule has 0 heterocycles. The highest BCUT2D eigenvalue weighted by Crippen LogP contribution is 2.68. The van der Waals surface area contributed by atoms with E-state index in [1.807, 2.05) is 20.8 Å². The SMILES string of the molecule is CC(CCC(C)C(C)(C)O)C1CCC2C3CC(=O)C4(O)C(O)C(O)CCC4(C)C3CCC12C. The van der Waals surface area contributed by atoms with Gasteiger partial charge < -0.3 is 20.4 Å². The maximum Gasteiger partial charge on any atom is 0.168 e. The van der Waals surface area contributed by atoms with Crippen LogP contribution < -0.4 is 0 Å². The van der Waals surface area contributed by atoms with Gasteiger partial charge in [-0.2, -0.15) is 0 Å². The average molecular weight is 465 g/mol. The van der Waals surface area contributed by atoms with Crippen molar-refractivity contribution in [3.8, 4) is 0 Å². The summed E-state index contributed by atoms with van der Waals surface area (Å²) in [6.45, 7) is 12.8. The van der Waals surface area contributed by atoms with Gasteiger partial charge in [-0.15, -0.1) is 0 Å². The van der Waals surface area contributed by atoms with E-state index >= 15 is 0 Å². The maximum atomic E-state index is 13.4. The Kier molecular flexibility index (Phi) is 6.42. The van der Waals surface area contributed by atoms with Crippen LogP contribution in [0.25, 0.3) is 0 Å². The predicted octanol–water partition coefficient (Wildman–Crippen LogP) is 4.09. The van der Waals surface area contributed by atoms with E-state index in [9.17, 15) is 25.2 Å². The molecule has 0 saturated heterocycles. The molecule has 0 aromatic rings. The highest BCUT2D eigenvalue weighted by atomic mass is 16.4. The zero-order chi connectivity index (χ0) is 24.6. The molecule has 4 aliphatic rings. The van der Waals surface area contributed by atoms with Crippen molar-refractivity contribution in [1.29, 1.82) is 0 Å². The fourth-order valence-electron chi connectivity index (χ4n) is 9.14. The number of rotatable bonds is 5. The summed E-state index contributed by atoms with van der Waals surface area (Å²) in [5.74, 6) is 2.17. The molecule has 0 aliphatic heterocycles. The summed E-state index contributed by atoms with van der Waals surface area (Å²) in [4.78, 5) is 13.4. The van der Waals surface area contributed by atoms with Gasteiger partial charge in [-0.3, -0.25) is 4.79 Å². The van der Waals surface area contributed by atoms with Crippen LogP contribution in [0.4, 0.5) is 0 Å². The predicted molar refractivity (Wildman–Crippen MR) is 128 cm³/mol. The number of aliphatic hydroxyl groups is 4. The Hall–Kier alpha value is -0.490. The molecule has 0 radical (unpaired) electrons. The van der Waals surface area contributed by atoms with Crippen LogP contribution in [0.5, 0.6) is 0 Å². The third-order valence-electron chi connectivity index (χ3n) is 11.7. The minimum atomic E-state index is -1.82. The Labute approximate surface area is 200 Å². The summed E-state index contributed by atoms with van der Waals surface area (Å²) in [5, 5.41) is 42.9. The van der Waals surface area contributed by atoms with Crippen molar-refractivity contribution in [2.45, 2.75) is 123 Å². The molecule has 0 bridgehead atoms. The van der Waals surface area contributed by atoms with Crippen molar-refractivity contribution in [3.63, 3.8) is 0 Å². The van der Waals surface area contributed by atoms with E-state index in [-0.39, 0.29) is 29.0 Å². The summed E-state index contributed by atoms with van der Waals surface area (Å²) in [5.41, 5.74) is -2.93. The van der Waals surface area contributed by atoms with Crippen molar-refractivity contribution in [3.05, 3.63) is 0 Å². The van der Waals surface area contributed by atoms with Crippen LogP contribution in [-0.4, -0.2) is 49.6 Å². The second-order valence-electron chi connectivity index (χ2n) is 13.6. The average Bonchev–Trinajstić information content (AvgIpc) is 3.09. The van der Waals surface area contributed by atoms with Crippen molar-refractivity contribution >= 4 is 5.78 Å². The summed E-state index contributed by atoms with van der Waals surface area (Å²) >= 11 is 0. The molecule has 4 aliphatic carbocycles. The zero-order valence-electron chi connectivity index (χ0n) is 21.7. The number of hydrogen-bond acceptors (Lipinski definition) is 5. The van der Waals surface area contributed by atoms with Gasteiger partial charge >= 0.3 is 0 Å². The molecule has 5 heteroatoms. The smallest absolute Gasteiger partial charge is 0.168 e. The first-order valence-corrected chi connectivity index (χ1v) is 13.5. The molecule has 4 saturated carbocycles. The molecule has 0 amide bonds. The largest absolute Gasteiger partial charge is 0.390 e. The number of aliphatic hydroxyl groups excluding tert-OH is 2. The van der Waals surface area contributed by atoms with Crippen LogP contribution in [0.2, 0.25) is 0 Å². The van der Waals surface area contributed by atoms with Gasteiger partial charge in [0, 0.05) is 11.8 Å². The molecular weight excluding hydrogens is 416 g/mol. The number of carbonyl (C=O) groups excluding carboxylic acids is 1. The molecule has 0 spiro atoms. The van der Waals surface area contributed by atoms with Crippen molar-refractivity contribution in [1.82, 2.24) is 0 Å². The van der Waals surface area contributed by atoms with Gasteiger partial charge in [-0.25, -0.2) is 0 Å². The fraction of sp³-hybridized carbons (Fsp3) is 0.964. The van der Waals surface area contributed by atoms with Gasteiger partial charge in [-0.05, 0) is 99.7 Å². The van der Waals surface area contributed by atoms with Gasteiger partial charge in [0.25, 0.3) is 0 Å².